The number of rotatable bonds is 4. The molecule has 0 bridgehead atoms. The van der Waals surface area contributed by atoms with Crippen LogP contribution in [0.25, 0.3) is 0 Å². The van der Waals surface area contributed by atoms with Gasteiger partial charge in [0, 0.05) is 18.2 Å². The Morgan fingerprint density at radius 2 is 1.94 bits per heavy atom. The van der Waals surface area contributed by atoms with Crippen molar-refractivity contribution >= 4 is 21.4 Å². The molecule has 1 aromatic rings. The van der Waals surface area contributed by atoms with Crippen molar-refractivity contribution < 1.29 is 8.42 Å². The molecule has 0 aliphatic heterocycles. The third-order valence-corrected chi connectivity index (χ3v) is 4.31. The third-order valence-electron chi connectivity index (χ3n) is 2.73. The lowest BCUT2D eigenvalue weighted by atomic mass is 9.85. The van der Waals surface area contributed by atoms with E-state index in [9.17, 15) is 8.42 Å². The summed E-state index contributed by atoms with van der Waals surface area (Å²) >= 11 is 6.02. The largest absolute Gasteiger partial charge is 0.319 e. The molecule has 0 aromatic heterocycles. The van der Waals surface area contributed by atoms with Crippen LogP contribution in [0.1, 0.15) is 19.4 Å². The topological polar surface area (TPSA) is 46.2 Å². The summed E-state index contributed by atoms with van der Waals surface area (Å²) < 4.78 is 22.9. The molecule has 0 heterocycles. The minimum absolute atomic E-state index is 0.0889. The molecule has 0 aliphatic rings. The Hall–Kier alpha value is -0.580. The fourth-order valence-electron chi connectivity index (χ4n) is 1.77. The molecule has 0 atom stereocenters. The lowest BCUT2D eigenvalue weighted by Crippen LogP contribution is -2.30. The number of nitrogens with one attached hydrogen (secondary N) is 1. The van der Waals surface area contributed by atoms with Crippen LogP contribution in [0.3, 0.4) is 0 Å². The number of hydrogen-bond donors (Lipinski definition) is 1. The molecular weight excluding hydrogens is 258 g/mol. The van der Waals surface area contributed by atoms with Crippen molar-refractivity contribution in [3.8, 4) is 0 Å². The zero-order valence-corrected chi connectivity index (χ0v) is 12.1. The van der Waals surface area contributed by atoms with Crippen LogP contribution in [0.5, 0.6) is 0 Å². The highest BCUT2D eigenvalue weighted by Gasteiger charge is 2.22. The van der Waals surface area contributed by atoms with Gasteiger partial charge in [-0.2, -0.15) is 0 Å². The van der Waals surface area contributed by atoms with Crippen molar-refractivity contribution in [3.63, 3.8) is 0 Å². The molecule has 0 radical (unpaired) electrons. The van der Waals surface area contributed by atoms with E-state index >= 15 is 0 Å². The predicted octanol–water partition coefficient (Wildman–Crippen LogP) is 2.24. The summed E-state index contributed by atoms with van der Waals surface area (Å²) in [6.07, 6.45) is 1.16. The van der Waals surface area contributed by atoms with Crippen LogP contribution in [-0.4, -0.2) is 28.3 Å². The maximum atomic E-state index is 11.4. The molecule has 1 rings (SSSR count). The summed E-state index contributed by atoms with van der Waals surface area (Å²) in [6, 6.07) is 5.12. The SMILES string of the molecule is CNCC(C)(C)c1ccc(S(C)(=O)=O)c(Cl)c1. The van der Waals surface area contributed by atoms with Gasteiger partial charge in [0.1, 0.15) is 0 Å². The summed E-state index contributed by atoms with van der Waals surface area (Å²) in [6.45, 7) is 4.95. The molecular formula is C12H18ClNO2S. The Kier molecular flexibility index (Phi) is 4.23. The fourth-order valence-corrected chi connectivity index (χ4v) is 3.10. The second kappa shape index (κ2) is 4.96. The Labute approximate surface area is 108 Å². The lowest BCUT2D eigenvalue weighted by Gasteiger charge is -2.25. The van der Waals surface area contributed by atoms with Gasteiger partial charge in [-0.05, 0) is 24.7 Å². The van der Waals surface area contributed by atoms with Crippen molar-refractivity contribution in [3.05, 3.63) is 28.8 Å². The standard InChI is InChI=1S/C12H18ClNO2S/c1-12(2,8-14-3)9-5-6-11(10(13)7-9)17(4,15)16/h5-7,14H,8H2,1-4H3. The molecule has 1 aromatic carbocycles. The molecule has 0 aliphatic carbocycles. The molecule has 5 heteroatoms. The van der Waals surface area contributed by atoms with Gasteiger partial charge in [-0.15, -0.1) is 0 Å². The average Bonchev–Trinajstić information content (AvgIpc) is 2.15. The van der Waals surface area contributed by atoms with E-state index in [0.717, 1.165) is 18.4 Å². The number of hydrogen-bond acceptors (Lipinski definition) is 3. The molecule has 0 amide bonds. The minimum atomic E-state index is -3.26. The zero-order valence-electron chi connectivity index (χ0n) is 10.5. The van der Waals surface area contributed by atoms with Crippen molar-refractivity contribution in [2.45, 2.75) is 24.2 Å². The Bertz CT molecular complexity index is 509. The molecule has 1 N–H and O–H groups in total. The van der Waals surface area contributed by atoms with Gasteiger partial charge in [-0.25, -0.2) is 8.42 Å². The first kappa shape index (κ1) is 14.5. The highest BCUT2D eigenvalue weighted by Crippen LogP contribution is 2.29. The second-order valence-corrected chi connectivity index (χ2v) is 7.22. The van der Waals surface area contributed by atoms with Crippen LogP contribution in [-0.2, 0) is 15.3 Å². The van der Waals surface area contributed by atoms with Gasteiger partial charge in [-0.3, -0.25) is 0 Å². The Balaban J connectivity index is 3.22. The van der Waals surface area contributed by atoms with Crippen LogP contribution in [0.2, 0.25) is 5.02 Å². The van der Waals surface area contributed by atoms with Gasteiger partial charge in [-0.1, -0.05) is 31.5 Å². The predicted molar refractivity (Wildman–Crippen MR) is 71.5 cm³/mol. The number of halogens is 1. The van der Waals surface area contributed by atoms with Gasteiger partial charge in [0.25, 0.3) is 0 Å². The lowest BCUT2D eigenvalue weighted by molar-refractivity contribution is 0.493. The van der Waals surface area contributed by atoms with E-state index in [4.69, 9.17) is 11.6 Å². The monoisotopic (exact) mass is 275 g/mol. The molecule has 0 fully saturated rings. The number of benzene rings is 1. The van der Waals surface area contributed by atoms with E-state index in [-0.39, 0.29) is 15.3 Å². The molecule has 96 valence electrons. The van der Waals surface area contributed by atoms with E-state index in [0.29, 0.717) is 0 Å². The fraction of sp³-hybridized carbons (Fsp3) is 0.500. The van der Waals surface area contributed by atoms with Gasteiger partial charge >= 0.3 is 0 Å². The highest BCUT2D eigenvalue weighted by atomic mass is 35.5. The maximum absolute atomic E-state index is 11.4. The Morgan fingerprint density at radius 3 is 2.35 bits per heavy atom. The van der Waals surface area contributed by atoms with Crippen LogP contribution in [0, 0.1) is 0 Å². The van der Waals surface area contributed by atoms with E-state index in [1.165, 1.54) is 0 Å². The van der Waals surface area contributed by atoms with E-state index in [1.54, 1.807) is 12.1 Å². The van der Waals surface area contributed by atoms with Crippen molar-refractivity contribution in [2.75, 3.05) is 19.8 Å². The first-order valence-electron chi connectivity index (χ1n) is 5.33. The summed E-state index contributed by atoms with van der Waals surface area (Å²) in [7, 11) is -1.37. The van der Waals surface area contributed by atoms with Gasteiger partial charge in [0.2, 0.25) is 0 Å². The molecule has 17 heavy (non-hydrogen) atoms. The summed E-state index contributed by atoms with van der Waals surface area (Å²) in [4.78, 5) is 0.183. The van der Waals surface area contributed by atoms with Crippen molar-refractivity contribution in [1.29, 1.82) is 0 Å². The first-order chi connectivity index (χ1) is 7.68. The Morgan fingerprint density at radius 1 is 1.35 bits per heavy atom. The summed E-state index contributed by atoms with van der Waals surface area (Å²) in [5, 5.41) is 3.40. The summed E-state index contributed by atoms with van der Waals surface area (Å²) in [5.74, 6) is 0. The van der Waals surface area contributed by atoms with Crippen molar-refractivity contribution in [2.24, 2.45) is 0 Å². The van der Waals surface area contributed by atoms with Gasteiger partial charge in [0.15, 0.2) is 9.84 Å². The molecule has 0 saturated heterocycles. The molecule has 3 nitrogen and oxygen atoms in total. The molecule has 0 spiro atoms. The quantitative estimate of drug-likeness (QED) is 0.917. The first-order valence-corrected chi connectivity index (χ1v) is 7.60. The van der Waals surface area contributed by atoms with E-state index < -0.39 is 9.84 Å². The van der Waals surface area contributed by atoms with Crippen LogP contribution in [0.4, 0.5) is 0 Å². The highest BCUT2D eigenvalue weighted by molar-refractivity contribution is 7.90. The molecule has 0 saturated carbocycles. The zero-order chi connectivity index (χ0) is 13.3. The van der Waals surface area contributed by atoms with Gasteiger partial charge < -0.3 is 5.32 Å². The van der Waals surface area contributed by atoms with E-state index in [2.05, 4.69) is 19.2 Å². The molecule has 0 unspecified atom stereocenters. The van der Waals surface area contributed by atoms with Gasteiger partial charge in [0.05, 0.1) is 9.92 Å². The second-order valence-electron chi connectivity index (χ2n) is 4.83. The van der Waals surface area contributed by atoms with Crippen LogP contribution >= 0.6 is 11.6 Å². The number of sulfone groups is 1. The maximum Gasteiger partial charge on any atom is 0.176 e. The van der Waals surface area contributed by atoms with Crippen LogP contribution in [0.15, 0.2) is 23.1 Å². The smallest absolute Gasteiger partial charge is 0.176 e. The summed E-state index contributed by atoms with van der Waals surface area (Å²) in [5.41, 5.74) is 0.929. The number of likely N-dealkylation sites (N-methyl/N-ethyl adjacent to an activating group) is 1. The normalized spacial score (nSPS) is 12.8. The van der Waals surface area contributed by atoms with E-state index in [1.807, 2.05) is 13.1 Å². The third kappa shape index (κ3) is 3.44. The van der Waals surface area contributed by atoms with Crippen LogP contribution < -0.4 is 5.32 Å². The average molecular weight is 276 g/mol. The minimum Gasteiger partial charge on any atom is -0.319 e. The van der Waals surface area contributed by atoms with Crippen molar-refractivity contribution in [1.82, 2.24) is 5.32 Å².